The molecule has 0 bridgehead atoms. The Hall–Kier alpha value is -2.67. The molecule has 0 aliphatic carbocycles. The molecule has 0 aliphatic heterocycles. The van der Waals surface area contributed by atoms with E-state index in [0.29, 0.717) is 15.2 Å². The van der Waals surface area contributed by atoms with Crippen LogP contribution in [0.15, 0.2) is 78.9 Å². The van der Waals surface area contributed by atoms with E-state index >= 15 is 0 Å². The highest BCUT2D eigenvalue weighted by molar-refractivity contribution is 7.80. The van der Waals surface area contributed by atoms with Crippen LogP contribution >= 0.6 is 36.0 Å². The minimum absolute atomic E-state index is 0.539. The van der Waals surface area contributed by atoms with Crippen molar-refractivity contribution in [1.29, 1.82) is 0 Å². The van der Waals surface area contributed by atoms with Crippen molar-refractivity contribution in [3.63, 3.8) is 0 Å². The molecule has 0 saturated heterocycles. The smallest absolute Gasteiger partial charge is 0.170 e. The quantitative estimate of drug-likeness (QED) is 0.332. The highest BCUT2D eigenvalue weighted by atomic mass is 35.5. The Morgan fingerprint density at radius 1 is 0.677 bits per heavy atom. The molecule has 4 N–H and O–H groups in total. The molecule has 0 fully saturated rings. The first-order valence-corrected chi connectivity index (χ1v) is 11.3. The lowest BCUT2D eigenvalue weighted by atomic mass is 10.1. The molecule has 0 spiro atoms. The maximum atomic E-state index is 6.42. The van der Waals surface area contributed by atoms with Crippen LogP contribution in [0.25, 0.3) is 0 Å². The second kappa shape index (κ2) is 12.2. The zero-order valence-electron chi connectivity index (χ0n) is 17.0. The lowest BCUT2D eigenvalue weighted by molar-refractivity contribution is 0.873. The average Bonchev–Trinajstić information content (AvgIpc) is 2.77. The first-order chi connectivity index (χ1) is 15.1. The molecule has 160 valence electrons. The second-order valence-electron chi connectivity index (χ2n) is 6.93. The van der Waals surface area contributed by atoms with Crippen molar-refractivity contribution >= 4 is 57.6 Å². The van der Waals surface area contributed by atoms with E-state index in [1.54, 1.807) is 0 Å². The van der Waals surface area contributed by atoms with Crippen LogP contribution in [0.4, 0.5) is 11.4 Å². The highest BCUT2D eigenvalue weighted by Gasteiger charge is 2.06. The van der Waals surface area contributed by atoms with Gasteiger partial charge in [-0.2, -0.15) is 0 Å². The summed E-state index contributed by atoms with van der Waals surface area (Å²) in [4.78, 5) is 0. The van der Waals surface area contributed by atoms with E-state index in [1.807, 2.05) is 54.6 Å². The van der Waals surface area contributed by atoms with Gasteiger partial charge in [-0.1, -0.05) is 72.3 Å². The van der Waals surface area contributed by atoms with Crippen molar-refractivity contribution < 1.29 is 0 Å². The summed E-state index contributed by atoms with van der Waals surface area (Å²) in [5.74, 6) is 0. The van der Waals surface area contributed by atoms with Crippen LogP contribution in [-0.2, 0) is 12.8 Å². The van der Waals surface area contributed by atoms with E-state index in [4.69, 9.17) is 36.0 Å². The average molecular weight is 469 g/mol. The van der Waals surface area contributed by atoms with Crippen molar-refractivity contribution in [2.75, 3.05) is 23.7 Å². The summed E-state index contributed by atoms with van der Waals surface area (Å²) < 4.78 is 0. The van der Waals surface area contributed by atoms with Gasteiger partial charge in [0.1, 0.15) is 0 Å². The van der Waals surface area contributed by atoms with Gasteiger partial charge in [-0.15, -0.1) is 0 Å². The van der Waals surface area contributed by atoms with Gasteiger partial charge < -0.3 is 21.3 Å². The Bertz CT molecular complexity index is 997. The summed E-state index contributed by atoms with van der Waals surface area (Å²) >= 11 is 17.2. The fraction of sp³-hybridized carbons (Fsp3) is 0.167. The number of rotatable bonds is 8. The summed E-state index contributed by atoms with van der Waals surface area (Å²) in [5.41, 5.74) is 4.09. The van der Waals surface area contributed by atoms with Gasteiger partial charge >= 0.3 is 0 Å². The van der Waals surface area contributed by atoms with E-state index in [0.717, 1.165) is 37.3 Å². The first-order valence-electron chi connectivity index (χ1n) is 10.1. The van der Waals surface area contributed by atoms with Crippen molar-refractivity contribution in [2.24, 2.45) is 0 Å². The van der Waals surface area contributed by atoms with E-state index in [-0.39, 0.29) is 0 Å². The molecule has 3 aromatic rings. The molecular formula is C24H25ClN4S2. The van der Waals surface area contributed by atoms with Crippen molar-refractivity contribution in [3.8, 4) is 0 Å². The Balaban J connectivity index is 1.41. The lowest BCUT2D eigenvalue weighted by Gasteiger charge is -2.14. The van der Waals surface area contributed by atoms with Crippen LogP contribution in [0.2, 0.25) is 5.02 Å². The summed E-state index contributed by atoms with van der Waals surface area (Å²) in [6.07, 6.45) is 1.80. The SMILES string of the molecule is S=C(NCCc1ccccc1)Nc1ccc(NC(=S)NCCc2ccccc2)c(Cl)c1. The Morgan fingerprint density at radius 3 is 1.71 bits per heavy atom. The van der Waals surface area contributed by atoms with E-state index < -0.39 is 0 Å². The summed E-state index contributed by atoms with van der Waals surface area (Å²) in [7, 11) is 0. The van der Waals surface area contributed by atoms with Crippen molar-refractivity contribution in [2.45, 2.75) is 12.8 Å². The van der Waals surface area contributed by atoms with Gasteiger partial charge in [-0.05, 0) is 66.6 Å². The first kappa shape index (κ1) is 23.0. The maximum absolute atomic E-state index is 6.42. The number of thiocarbonyl (C=S) groups is 2. The summed E-state index contributed by atoms with van der Waals surface area (Å²) in [6, 6.07) is 26.2. The maximum Gasteiger partial charge on any atom is 0.170 e. The second-order valence-corrected chi connectivity index (χ2v) is 8.15. The van der Waals surface area contributed by atoms with Gasteiger partial charge in [0.05, 0.1) is 10.7 Å². The number of benzene rings is 3. The predicted octanol–water partition coefficient (Wildman–Crippen LogP) is 5.40. The molecule has 3 aromatic carbocycles. The molecule has 0 amide bonds. The normalized spacial score (nSPS) is 10.2. The summed E-state index contributed by atoms with van der Waals surface area (Å²) in [5, 5.41) is 14.4. The van der Waals surface area contributed by atoms with Gasteiger partial charge in [-0.25, -0.2) is 0 Å². The number of halogens is 1. The fourth-order valence-electron chi connectivity index (χ4n) is 2.97. The zero-order chi connectivity index (χ0) is 21.9. The van der Waals surface area contributed by atoms with Crippen LogP contribution in [0.5, 0.6) is 0 Å². The third-order valence-electron chi connectivity index (χ3n) is 4.56. The molecule has 0 aromatic heterocycles. The molecule has 4 nitrogen and oxygen atoms in total. The molecule has 3 rings (SSSR count). The van der Waals surface area contributed by atoms with E-state index in [9.17, 15) is 0 Å². The van der Waals surface area contributed by atoms with Gasteiger partial charge in [0.2, 0.25) is 0 Å². The largest absolute Gasteiger partial charge is 0.362 e. The fourth-order valence-corrected chi connectivity index (χ4v) is 3.63. The third kappa shape index (κ3) is 8.17. The number of hydrogen-bond acceptors (Lipinski definition) is 2. The van der Waals surface area contributed by atoms with Crippen LogP contribution < -0.4 is 21.3 Å². The van der Waals surface area contributed by atoms with Crippen molar-refractivity contribution in [1.82, 2.24) is 10.6 Å². The van der Waals surface area contributed by atoms with Crippen LogP contribution in [-0.4, -0.2) is 23.3 Å². The molecule has 0 heterocycles. The van der Waals surface area contributed by atoms with Crippen molar-refractivity contribution in [3.05, 3.63) is 95.0 Å². The van der Waals surface area contributed by atoms with Gasteiger partial charge in [-0.3, -0.25) is 0 Å². The minimum atomic E-state index is 0.539. The van der Waals surface area contributed by atoms with Crippen LogP contribution in [0.1, 0.15) is 11.1 Å². The molecule has 31 heavy (non-hydrogen) atoms. The van der Waals surface area contributed by atoms with Gasteiger partial charge in [0, 0.05) is 18.8 Å². The number of nitrogens with one attached hydrogen (secondary N) is 4. The molecule has 0 saturated carbocycles. The standard InChI is InChI=1S/C24H25ClN4S2/c25-21-17-20(28-23(30)26-15-13-18-7-3-1-4-8-18)11-12-22(21)29-24(31)27-16-14-19-9-5-2-6-10-19/h1-12,17H,13-16H2,(H2,26,28,30)(H2,27,29,31). The van der Waals surface area contributed by atoms with Gasteiger partial charge in [0.25, 0.3) is 0 Å². The monoisotopic (exact) mass is 468 g/mol. The Labute approximate surface area is 199 Å². The molecule has 0 atom stereocenters. The minimum Gasteiger partial charge on any atom is -0.362 e. The van der Waals surface area contributed by atoms with E-state index in [2.05, 4.69) is 45.5 Å². The molecule has 0 radical (unpaired) electrons. The van der Waals surface area contributed by atoms with Crippen LogP contribution in [0.3, 0.4) is 0 Å². The molecule has 0 unspecified atom stereocenters. The highest BCUT2D eigenvalue weighted by Crippen LogP contribution is 2.25. The molecule has 0 aliphatic rings. The number of hydrogen-bond donors (Lipinski definition) is 4. The van der Waals surface area contributed by atoms with E-state index in [1.165, 1.54) is 11.1 Å². The lowest BCUT2D eigenvalue weighted by Crippen LogP contribution is -2.30. The Kier molecular flexibility index (Phi) is 9.09. The topological polar surface area (TPSA) is 48.1 Å². The molecular weight excluding hydrogens is 444 g/mol. The predicted molar refractivity (Wildman–Crippen MR) is 140 cm³/mol. The molecule has 7 heteroatoms. The van der Waals surface area contributed by atoms with Gasteiger partial charge in [0.15, 0.2) is 10.2 Å². The summed E-state index contributed by atoms with van der Waals surface area (Å²) in [6.45, 7) is 1.50. The number of anilines is 2. The Morgan fingerprint density at radius 2 is 1.19 bits per heavy atom. The van der Waals surface area contributed by atoms with Crippen LogP contribution in [0, 0.1) is 0 Å². The zero-order valence-corrected chi connectivity index (χ0v) is 19.4. The third-order valence-corrected chi connectivity index (χ3v) is 5.36.